The molecule has 0 radical (unpaired) electrons. The van der Waals surface area contributed by atoms with Crippen LogP contribution < -0.4 is 10.6 Å². The minimum absolute atomic E-state index is 0.0943. The normalized spacial score (nSPS) is 10.3. The number of carbonyl (C=O) groups is 1. The van der Waals surface area contributed by atoms with E-state index in [1.54, 1.807) is 7.11 Å². The second-order valence-electron chi connectivity index (χ2n) is 5.25. The zero-order valence-corrected chi connectivity index (χ0v) is 13.3. The molecule has 1 amide bonds. The molecule has 0 saturated carbocycles. The van der Waals surface area contributed by atoms with Gasteiger partial charge in [0.1, 0.15) is 0 Å². The van der Waals surface area contributed by atoms with Gasteiger partial charge in [-0.05, 0) is 61.4 Å². The monoisotopic (exact) mass is 298 g/mol. The summed E-state index contributed by atoms with van der Waals surface area (Å²) in [5, 5.41) is 6.14. The number of benzene rings is 2. The molecule has 0 spiro atoms. The molecular formula is C18H22N2O2. The van der Waals surface area contributed by atoms with Crippen LogP contribution in [0.3, 0.4) is 0 Å². The van der Waals surface area contributed by atoms with Gasteiger partial charge in [-0.25, -0.2) is 0 Å². The average molecular weight is 298 g/mol. The lowest BCUT2D eigenvalue weighted by Crippen LogP contribution is -2.12. The van der Waals surface area contributed by atoms with E-state index in [0.717, 1.165) is 23.5 Å². The third-order valence-electron chi connectivity index (χ3n) is 3.55. The van der Waals surface area contributed by atoms with Crippen LogP contribution in [0.25, 0.3) is 0 Å². The van der Waals surface area contributed by atoms with Crippen molar-refractivity contribution in [2.45, 2.75) is 13.8 Å². The SMILES string of the molecule is COCCNc1ccc(NC(=O)c2ccc(C)c(C)c2)cc1. The first-order valence-corrected chi connectivity index (χ1v) is 7.31. The van der Waals surface area contributed by atoms with Crippen LogP contribution in [0.4, 0.5) is 11.4 Å². The zero-order chi connectivity index (χ0) is 15.9. The zero-order valence-electron chi connectivity index (χ0n) is 13.3. The number of rotatable bonds is 6. The van der Waals surface area contributed by atoms with Gasteiger partial charge in [0.05, 0.1) is 6.61 Å². The lowest BCUT2D eigenvalue weighted by atomic mass is 10.1. The van der Waals surface area contributed by atoms with E-state index in [1.165, 1.54) is 5.56 Å². The van der Waals surface area contributed by atoms with E-state index in [2.05, 4.69) is 10.6 Å². The molecule has 0 saturated heterocycles. The number of ether oxygens (including phenoxy) is 1. The smallest absolute Gasteiger partial charge is 0.255 e. The van der Waals surface area contributed by atoms with Crippen molar-refractivity contribution in [3.63, 3.8) is 0 Å². The summed E-state index contributed by atoms with van der Waals surface area (Å²) in [7, 11) is 1.67. The Morgan fingerprint density at radius 1 is 1.00 bits per heavy atom. The lowest BCUT2D eigenvalue weighted by Gasteiger charge is -2.09. The van der Waals surface area contributed by atoms with Crippen LogP contribution in [0.2, 0.25) is 0 Å². The molecule has 4 nitrogen and oxygen atoms in total. The van der Waals surface area contributed by atoms with Crippen molar-refractivity contribution in [3.05, 3.63) is 59.2 Å². The molecule has 22 heavy (non-hydrogen) atoms. The lowest BCUT2D eigenvalue weighted by molar-refractivity contribution is 0.102. The molecule has 0 unspecified atom stereocenters. The molecule has 4 heteroatoms. The third-order valence-corrected chi connectivity index (χ3v) is 3.55. The van der Waals surface area contributed by atoms with E-state index in [9.17, 15) is 4.79 Å². The Balaban J connectivity index is 1.97. The van der Waals surface area contributed by atoms with Crippen LogP contribution in [0.1, 0.15) is 21.5 Å². The van der Waals surface area contributed by atoms with Crippen LogP contribution in [0, 0.1) is 13.8 Å². The maximum atomic E-state index is 12.2. The number of hydrogen-bond acceptors (Lipinski definition) is 3. The maximum Gasteiger partial charge on any atom is 0.255 e. The van der Waals surface area contributed by atoms with E-state index in [-0.39, 0.29) is 5.91 Å². The standard InChI is InChI=1S/C18H22N2O2/c1-13-4-5-15(12-14(13)2)18(21)20-17-8-6-16(7-9-17)19-10-11-22-3/h4-9,12,19H,10-11H2,1-3H3,(H,20,21). The number of nitrogens with one attached hydrogen (secondary N) is 2. The highest BCUT2D eigenvalue weighted by Crippen LogP contribution is 2.16. The molecular weight excluding hydrogens is 276 g/mol. The van der Waals surface area contributed by atoms with Gasteiger partial charge < -0.3 is 15.4 Å². The van der Waals surface area contributed by atoms with Crippen molar-refractivity contribution in [2.75, 3.05) is 30.9 Å². The Bertz CT molecular complexity index is 636. The molecule has 0 aliphatic carbocycles. The minimum atomic E-state index is -0.0943. The van der Waals surface area contributed by atoms with Crippen LogP contribution in [0.5, 0.6) is 0 Å². The fourth-order valence-corrected chi connectivity index (χ4v) is 2.05. The van der Waals surface area contributed by atoms with Crippen LogP contribution in [-0.2, 0) is 4.74 Å². The van der Waals surface area contributed by atoms with Crippen molar-refractivity contribution < 1.29 is 9.53 Å². The molecule has 0 aliphatic rings. The molecule has 116 valence electrons. The van der Waals surface area contributed by atoms with Crippen LogP contribution in [0.15, 0.2) is 42.5 Å². The molecule has 0 bridgehead atoms. The number of hydrogen-bond donors (Lipinski definition) is 2. The van der Waals surface area contributed by atoms with Gasteiger partial charge in [0.25, 0.3) is 5.91 Å². The molecule has 0 fully saturated rings. The Morgan fingerprint density at radius 2 is 1.68 bits per heavy atom. The summed E-state index contributed by atoms with van der Waals surface area (Å²) in [6, 6.07) is 13.4. The fourth-order valence-electron chi connectivity index (χ4n) is 2.05. The molecule has 0 aromatic heterocycles. The van der Waals surface area contributed by atoms with E-state index < -0.39 is 0 Å². The second-order valence-corrected chi connectivity index (χ2v) is 5.25. The molecule has 2 N–H and O–H groups in total. The molecule has 2 aromatic rings. The summed E-state index contributed by atoms with van der Waals surface area (Å²) in [6.07, 6.45) is 0. The van der Waals surface area contributed by atoms with E-state index >= 15 is 0 Å². The predicted molar refractivity (Wildman–Crippen MR) is 90.7 cm³/mol. The molecule has 0 atom stereocenters. The van der Waals surface area contributed by atoms with Gasteiger partial charge in [0.15, 0.2) is 0 Å². The maximum absolute atomic E-state index is 12.2. The highest BCUT2D eigenvalue weighted by Gasteiger charge is 2.07. The Hall–Kier alpha value is -2.33. The largest absolute Gasteiger partial charge is 0.383 e. The van der Waals surface area contributed by atoms with E-state index in [1.807, 2.05) is 56.3 Å². The summed E-state index contributed by atoms with van der Waals surface area (Å²) >= 11 is 0. The van der Waals surface area contributed by atoms with Gasteiger partial charge in [-0.1, -0.05) is 6.07 Å². The van der Waals surface area contributed by atoms with E-state index in [4.69, 9.17) is 4.74 Å². The van der Waals surface area contributed by atoms with E-state index in [0.29, 0.717) is 12.2 Å². The quantitative estimate of drug-likeness (QED) is 0.801. The first-order valence-electron chi connectivity index (χ1n) is 7.31. The summed E-state index contributed by atoms with van der Waals surface area (Å²) in [5.74, 6) is -0.0943. The Kier molecular flexibility index (Phi) is 5.55. The first-order chi connectivity index (χ1) is 10.6. The highest BCUT2D eigenvalue weighted by molar-refractivity contribution is 6.04. The molecule has 2 aromatic carbocycles. The van der Waals surface area contributed by atoms with Gasteiger partial charge in [-0.15, -0.1) is 0 Å². The summed E-state index contributed by atoms with van der Waals surface area (Å²) in [5.41, 5.74) is 4.75. The summed E-state index contributed by atoms with van der Waals surface area (Å²) in [4.78, 5) is 12.2. The number of amides is 1. The third kappa shape index (κ3) is 4.33. The topological polar surface area (TPSA) is 50.4 Å². The van der Waals surface area contributed by atoms with Crippen molar-refractivity contribution in [2.24, 2.45) is 0 Å². The number of aryl methyl sites for hydroxylation is 2. The van der Waals surface area contributed by atoms with Gasteiger partial charge >= 0.3 is 0 Å². The Labute approximate surface area is 131 Å². The van der Waals surface area contributed by atoms with Crippen molar-refractivity contribution in [1.29, 1.82) is 0 Å². The van der Waals surface area contributed by atoms with Crippen LogP contribution >= 0.6 is 0 Å². The van der Waals surface area contributed by atoms with Crippen LogP contribution in [-0.4, -0.2) is 26.2 Å². The van der Waals surface area contributed by atoms with Gasteiger partial charge in [0, 0.05) is 30.6 Å². The minimum Gasteiger partial charge on any atom is -0.383 e. The van der Waals surface area contributed by atoms with Gasteiger partial charge in [-0.3, -0.25) is 4.79 Å². The number of carbonyl (C=O) groups excluding carboxylic acids is 1. The van der Waals surface area contributed by atoms with Crippen molar-refractivity contribution >= 4 is 17.3 Å². The second kappa shape index (κ2) is 7.61. The van der Waals surface area contributed by atoms with Gasteiger partial charge in [-0.2, -0.15) is 0 Å². The average Bonchev–Trinajstić information content (AvgIpc) is 2.52. The highest BCUT2D eigenvalue weighted by atomic mass is 16.5. The first kappa shape index (κ1) is 16.0. The molecule has 0 heterocycles. The molecule has 0 aliphatic heterocycles. The van der Waals surface area contributed by atoms with Gasteiger partial charge in [0.2, 0.25) is 0 Å². The number of anilines is 2. The van der Waals surface area contributed by atoms with Crippen molar-refractivity contribution in [1.82, 2.24) is 0 Å². The Morgan fingerprint density at radius 3 is 2.32 bits per heavy atom. The molecule has 2 rings (SSSR count). The predicted octanol–water partition coefficient (Wildman–Crippen LogP) is 3.61. The number of methoxy groups -OCH3 is 1. The summed E-state index contributed by atoms with van der Waals surface area (Å²) < 4.78 is 4.99. The fraction of sp³-hybridized carbons (Fsp3) is 0.278. The summed E-state index contributed by atoms with van der Waals surface area (Å²) in [6.45, 7) is 5.45. The van der Waals surface area contributed by atoms with Crippen molar-refractivity contribution in [3.8, 4) is 0 Å².